The maximum atomic E-state index is 13.0. The fourth-order valence-corrected chi connectivity index (χ4v) is 4.27. The molecule has 1 heterocycles. The van der Waals surface area contributed by atoms with Gasteiger partial charge >= 0.3 is 6.18 Å². The molecule has 3 rings (SSSR count). The van der Waals surface area contributed by atoms with E-state index in [1.165, 1.54) is 24.1 Å². The van der Waals surface area contributed by atoms with Crippen molar-refractivity contribution in [2.24, 2.45) is 4.99 Å². The number of rotatable bonds is 6. The number of benzene rings is 2. The Bertz CT molecular complexity index is 996. The Balaban J connectivity index is 1.86. The molecule has 1 N–H and O–H groups in total. The summed E-state index contributed by atoms with van der Waals surface area (Å²) >= 11 is 6.98. The standard InChI is InChI=1S/C21H19ClF3N3O2S/c1-26-18(29)12-17-19(30)28(10-9-13-5-7-15(22)8-6-13)20(31-17)27-16-4-2-3-14(11-16)21(23,24)25/h2-8,11,17H,9-10,12H2,1H3,(H,26,29)/t17-/m1/s1. The number of alkyl halides is 3. The van der Waals surface area contributed by atoms with Crippen LogP contribution in [-0.2, 0) is 22.2 Å². The molecule has 1 fully saturated rings. The van der Waals surface area contributed by atoms with E-state index in [0.717, 1.165) is 29.5 Å². The van der Waals surface area contributed by atoms with Crippen molar-refractivity contribution in [3.63, 3.8) is 0 Å². The summed E-state index contributed by atoms with van der Waals surface area (Å²) in [5.74, 6) is -0.600. The van der Waals surface area contributed by atoms with Gasteiger partial charge in [-0.2, -0.15) is 13.2 Å². The van der Waals surface area contributed by atoms with E-state index in [1.54, 1.807) is 12.1 Å². The molecule has 1 aliphatic heterocycles. The summed E-state index contributed by atoms with van der Waals surface area (Å²) < 4.78 is 39.1. The highest BCUT2D eigenvalue weighted by molar-refractivity contribution is 8.15. The second kappa shape index (κ2) is 9.74. The zero-order valence-electron chi connectivity index (χ0n) is 16.4. The summed E-state index contributed by atoms with van der Waals surface area (Å²) in [4.78, 5) is 30.4. The fraction of sp³-hybridized carbons (Fsp3) is 0.286. The number of hydrogen-bond acceptors (Lipinski definition) is 4. The van der Waals surface area contributed by atoms with Crippen LogP contribution in [0.15, 0.2) is 53.5 Å². The van der Waals surface area contributed by atoms with Crippen LogP contribution in [0, 0.1) is 0 Å². The van der Waals surface area contributed by atoms with E-state index in [1.807, 2.05) is 12.1 Å². The van der Waals surface area contributed by atoms with Crippen LogP contribution >= 0.6 is 23.4 Å². The van der Waals surface area contributed by atoms with Crippen molar-refractivity contribution >= 4 is 46.0 Å². The monoisotopic (exact) mass is 469 g/mol. The number of thioether (sulfide) groups is 1. The average molecular weight is 470 g/mol. The molecule has 10 heteroatoms. The van der Waals surface area contributed by atoms with Gasteiger partial charge in [0.15, 0.2) is 5.17 Å². The topological polar surface area (TPSA) is 61.8 Å². The molecule has 0 bridgehead atoms. The molecule has 0 saturated carbocycles. The van der Waals surface area contributed by atoms with Crippen LogP contribution in [0.25, 0.3) is 0 Å². The number of carbonyl (C=O) groups excluding carboxylic acids is 2. The molecule has 5 nitrogen and oxygen atoms in total. The molecule has 2 amide bonds. The number of nitrogens with zero attached hydrogens (tertiary/aromatic N) is 2. The Labute approximate surface area is 186 Å². The number of amides is 2. The molecule has 0 aliphatic carbocycles. The van der Waals surface area contributed by atoms with Gasteiger partial charge in [-0.05, 0) is 42.3 Å². The van der Waals surface area contributed by atoms with Gasteiger partial charge in [0, 0.05) is 25.0 Å². The van der Waals surface area contributed by atoms with E-state index in [4.69, 9.17) is 11.6 Å². The first-order valence-corrected chi connectivity index (χ1v) is 10.6. The van der Waals surface area contributed by atoms with Crippen molar-refractivity contribution in [2.75, 3.05) is 13.6 Å². The van der Waals surface area contributed by atoms with Crippen LogP contribution in [-0.4, -0.2) is 40.7 Å². The van der Waals surface area contributed by atoms with E-state index >= 15 is 0 Å². The summed E-state index contributed by atoms with van der Waals surface area (Å²) in [6.07, 6.45) is -4.04. The number of halogens is 4. The normalized spacial score (nSPS) is 18.0. The minimum absolute atomic E-state index is 0.0426. The van der Waals surface area contributed by atoms with Crippen molar-refractivity contribution in [3.8, 4) is 0 Å². The number of amidine groups is 1. The first-order valence-electron chi connectivity index (χ1n) is 9.36. The van der Waals surface area contributed by atoms with E-state index < -0.39 is 17.0 Å². The maximum absolute atomic E-state index is 13.0. The summed E-state index contributed by atoms with van der Waals surface area (Å²) in [6, 6.07) is 11.8. The number of hydrogen-bond donors (Lipinski definition) is 1. The lowest BCUT2D eigenvalue weighted by molar-refractivity contribution is -0.137. The largest absolute Gasteiger partial charge is 0.416 e. The molecule has 0 radical (unpaired) electrons. The zero-order chi connectivity index (χ0) is 22.6. The Kier molecular flexibility index (Phi) is 7.27. The molecular weight excluding hydrogens is 451 g/mol. The van der Waals surface area contributed by atoms with Gasteiger partial charge in [0.25, 0.3) is 0 Å². The summed E-state index contributed by atoms with van der Waals surface area (Å²) in [5, 5.41) is 2.66. The highest BCUT2D eigenvalue weighted by atomic mass is 35.5. The SMILES string of the molecule is CNC(=O)C[C@H]1SC(=Nc2cccc(C(F)(F)F)c2)N(CCc2ccc(Cl)cc2)C1=O. The Hall–Kier alpha value is -2.52. The Morgan fingerprint density at radius 2 is 1.94 bits per heavy atom. The summed E-state index contributed by atoms with van der Waals surface area (Å²) in [7, 11) is 1.47. The molecule has 31 heavy (non-hydrogen) atoms. The minimum Gasteiger partial charge on any atom is -0.359 e. The molecule has 2 aromatic rings. The molecule has 0 unspecified atom stereocenters. The van der Waals surface area contributed by atoms with Crippen molar-refractivity contribution in [3.05, 3.63) is 64.7 Å². The second-order valence-electron chi connectivity index (χ2n) is 6.79. The van der Waals surface area contributed by atoms with E-state index in [0.29, 0.717) is 11.4 Å². The number of nitrogens with one attached hydrogen (secondary N) is 1. The minimum atomic E-state index is -4.50. The predicted octanol–water partition coefficient (Wildman–Crippen LogP) is 4.67. The second-order valence-corrected chi connectivity index (χ2v) is 8.40. The van der Waals surface area contributed by atoms with Gasteiger partial charge < -0.3 is 5.32 Å². The maximum Gasteiger partial charge on any atom is 0.416 e. The van der Waals surface area contributed by atoms with Crippen LogP contribution in [0.4, 0.5) is 18.9 Å². The van der Waals surface area contributed by atoms with E-state index in [-0.39, 0.29) is 35.6 Å². The van der Waals surface area contributed by atoms with E-state index in [2.05, 4.69) is 10.3 Å². The highest BCUT2D eigenvalue weighted by Crippen LogP contribution is 2.34. The molecule has 1 aliphatic rings. The van der Waals surface area contributed by atoms with Crippen molar-refractivity contribution in [1.82, 2.24) is 10.2 Å². The summed E-state index contributed by atoms with van der Waals surface area (Å²) in [5.41, 5.74) is 0.205. The lowest BCUT2D eigenvalue weighted by Gasteiger charge is -2.17. The molecule has 0 aromatic heterocycles. The molecule has 1 atom stereocenters. The van der Waals surface area contributed by atoms with Gasteiger partial charge in [0.05, 0.1) is 11.3 Å². The molecule has 0 spiro atoms. The zero-order valence-corrected chi connectivity index (χ0v) is 18.0. The van der Waals surface area contributed by atoms with Gasteiger partial charge in [0.1, 0.15) is 5.25 Å². The Morgan fingerprint density at radius 3 is 2.58 bits per heavy atom. The van der Waals surface area contributed by atoms with Crippen LogP contribution < -0.4 is 5.32 Å². The van der Waals surface area contributed by atoms with Crippen LogP contribution in [0.2, 0.25) is 5.02 Å². The third kappa shape index (κ3) is 6.01. The lowest BCUT2D eigenvalue weighted by Crippen LogP contribution is -2.35. The Morgan fingerprint density at radius 1 is 1.23 bits per heavy atom. The van der Waals surface area contributed by atoms with Gasteiger partial charge in [-0.1, -0.05) is 41.6 Å². The third-order valence-corrected chi connectivity index (χ3v) is 6.03. The highest BCUT2D eigenvalue weighted by Gasteiger charge is 2.39. The van der Waals surface area contributed by atoms with Gasteiger partial charge in [0.2, 0.25) is 11.8 Å². The molecular formula is C21H19ClF3N3O2S. The lowest BCUT2D eigenvalue weighted by atomic mass is 10.1. The quantitative estimate of drug-likeness (QED) is 0.668. The van der Waals surface area contributed by atoms with Crippen LogP contribution in [0.1, 0.15) is 17.5 Å². The fourth-order valence-electron chi connectivity index (χ4n) is 2.96. The third-order valence-electron chi connectivity index (χ3n) is 4.61. The van der Waals surface area contributed by atoms with Gasteiger partial charge in [-0.3, -0.25) is 14.5 Å². The average Bonchev–Trinajstić information content (AvgIpc) is 3.01. The molecule has 2 aromatic carbocycles. The first-order chi connectivity index (χ1) is 14.7. The molecule has 1 saturated heterocycles. The smallest absolute Gasteiger partial charge is 0.359 e. The first kappa shape index (κ1) is 23.1. The van der Waals surface area contributed by atoms with Gasteiger partial charge in [-0.15, -0.1) is 0 Å². The van der Waals surface area contributed by atoms with Crippen LogP contribution in [0.5, 0.6) is 0 Å². The summed E-state index contributed by atoms with van der Waals surface area (Å²) in [6.45, 7) is 0.273. The van der Waals surface area contributed by atoms with Crippen molar-refractivity contribution in [2.45, 2.75) is 24.3 Å². The number of aliphatic imine (C=N–C) groups is 1. The van der Waals surface area contributed by atoms with Crippen molar-refractivity contribution < 1.29 is 22.8 Å². The molecule has 164 valence electrons. The van der Waals surface area contributed by atoms with Gasteiger partial charge in [-0.25, -0.2) is 4.99 Å². The number of carbonyl (C=O) groups is 2. The van der Waals surface area contributed by atoms with Crippen molar-refractivity contribution in [1.29, 1.82) is 0 Å². The van der Waals surface area contributed by atoms with E-state index in [9.17, 15) is 22.8 Å². The predicted molar refractivity (Wildman–Crippen MR) is 115 cm³/mol. The van der Waals surface area contributed by atoms with Crippen LogP contribution in [0.3, 0.4) is 0 Å².